The Morgan fingerprint density at radius 3 is 1.10 bits per heavy atom. The molecule has 0 fully saturated rings. The van der Waals surface area contributed by atoms with Gasteiger partial charge < -0.3 is 49.6 Å². The average molecular weight is 345 g/mol. The molecule has 10 heavy (non-hydrogen) atoms. The van der Waals surface area contributed by atoms with Gasteiger partial charge in [0.2, 0.25) is 0 Å². The summed E-state index contributed by atoms with van der Waals surface area (Å²) in [6.45, 7) is 0. The third-order valence-electron chi connectivity index (χ3n) is 0.425. The van der Waals surface area contributed by atoms with Crippen LogP contribution in [0.25, 0.3) is 0 Å². The minimum absolute atomic E-state index is 0. The average Bonchev–Trinajstić information content (AvgIpc) is 1.76. The molecule has 58 valence electrons. The summed E-state index contributed by atoms with van der Waals surface area (Å²) < 4.78 is 0. The normalized spacial score (nSPS) is 4.00. The van der Waals surface area contributed by atoms with Crippen molar-refractivity contribution < 1.29 is 49.6 Å². The molecule has 1 heterocycles. The standard InChI is InChI=1S/C4H4S.4ClH.Sn/c1-2-4-5-3-1;;;;;/h1-4H;4*1H;/q;;;;;+4/p-4. The molecule has 1 aromatic rings. The third-order valence-corrected chi connectivity index (χ3v) is 1.05. The summed E-state index contributed by atoms with van der Waals surface area (Å²) in [7, 11) is 0. The van der Waals surface area contributed by atoms with Gasteiger partial charge in [0.15, 0.2) is 0 Å². The van der Waals surface area contributed by atoms with E-state index in [4.69, 9.17) is 0 Å². The molecule has 0 saturated carbocycles. The van der Waals surface area contributed by atoms with Gasteiger partial charge in [0.05, 0.1) is 0 Å². The smallest absolute Gasteiger partial charge is 1.00 e. The Bertz CT molecular complexity index is 73.7. The zero-order valence-electron chi connectivity index (χ0n) is 4.73. The molecule has 6 heteroatoms. The van der Waals surface area contributed by atoms with Gasteiger partial charge in [-0.1, -0.05) is 12.1 Å². The second-order valence-electron chi connectivity index (χ2n) is 0.793. The van der Waals surface area contributed by atoms with Crippen molar-refractivity contribution in [3.8, 4) is 0 Å². The van der Waals surface area contributed by atoms with Crippen LogP contribution in [0.2, 0.25) is 0 Å². The molecule has 0 aromatic carbocycles. The van der Waals surface area contributed by atoms with Crippen molar-refractivity contribution in [1.82, 2.24) is 0 Å². The van der Waals surface area contributed by atoms with Crippen LogP contribution in [0.3, 0.4) is 0 Å². The summed E-state index contributed by atoms with van der Waals surface area (Å²) >= 11 is 1.71. The molecule has 0 saturated heterocycles. The first-order chi connectivity index (χ1) is 2.50. The molecule has 0 bridgehead atoms. The van der Waals surface area contributed by atoms with Crippen molar-refractivity contribution in [2.24, 2.45) is 0 Å². The van der Waals surface area contributed by atoms with Gasteiger partial charge in [-0.25, -0.2) is 0 Å². The van der Waals surface area contributed by atoms with E-state index < -0.39 is 0 Å². The van der Waals surface area contributed by atoms with Crippen LogP contribution in [0.1, 0.15) is 0 Å². The monoisotopic (exact) mass is 344 g/mol. The van der Waals surface area contributed by atoms with Gasteiger partial charge in [-0.05, 0) is 10.8 Å². The fourth-order valence-electron chi connectivity index (χ4n) is 0.227. The molecule has 0 unspecified atom stereocenters. The van der Waals surface area contributed by atoms with Gasteiger partial charge in [0.1, 0.15) is 0 Å². The van der Waals surface area contributed by atoms with Gasteiger partial charge >= 0.3 is 23.9 Å². The second kappa shape index (κ2) is 22.4. The minimum Gasteiger partial charge on any atom is -1.00 e. The van der Waals surface area contributed by atoms with Crippen molar-refractivity contribution in [2.45, 2.75) is 0 Å². The number of thiophene rings is 1. The molecule has 0 nitrogen and oxygen atoms in total. The maximum atomic E-state index is 2.04. The summed E-state index contributed by atoms with van der Waals surface area (Å²) in [4.78, 5) is 0. The van der Waals surface area contributed by atoms with Crippen LogP contribution in [0.5, 0.6) is 0 Å². The van der Waals surface area contributed by atoms with E-state index in [2.05, 4.69) is 0 Å². The van der Waals surface area contributed by atoms with E-state index in [1.807, 2.05) is 22.9 Å². The topological polar surface area (TPSA) is 0 Å². The molecule has 0 radical (unpaired) electrons. The summed E-state index contributed by atoms with van der Waals surface area (Å²) in [6, 6.07) is 4.04. The molecule has 0 aliphatic rings. The first-order valence-electron chi connectivity index (χ1n) is 1.47. The fraction of sp³-hybridized carbons (Fsp3) is 0. The van der Waals surface area contributed by atoms with Crippen molar-refractivity contribution in [3.05, 3.63) is 22.9 Å². The number of rotatable bonds is 0. The Balaban J connectivity index is -0.0000000167. The molecule has 0 aliphatic heterocycles. The Labute approximate surface area is 107 Å². The molecule has 1 aromatic heterocycles. The molecule has 1 rings (SSSR count). The Morgan fingerprint density at radius 1 is 0.700 bits per heavy atom. The van der Waals surface area contributed by atoms with Crippen molar-refractivity contribution in [2.75, 3.05) is 0 Å². The van der Waals surface area contributed by atoms with Gasteiger partial charge in [-0.15, -0.1) is 0 Å². The summed E-state index contributed by atoms with van der Waals surface area (Å²) in [5.74, 6) is 0. The molecule has 0 aliphatic carbocycles. The van der Waals surface area contributed by atoms with E-state index in [0.717, 1.165) is 0 Å². The van der Waals surface area contributed by atoms with Crippen LogP contribution in [0, 0.1) is 0 Å². The Kier molecular flexibility index (Phi) is 67.0. The van der Waals surface area contributed by atoms with E-state index in [1.165, 1.54) is 0 Å². The maximum absolute atomic E-state index is 2.04. The molecular formula is C4H4Cl4SSn. The fourth-order valence-corrected chi connectivity index (χ4v) is 0.680. The summed E-state index contributed by atoms with van der Waals surface area (Å²) in [6.07, 6.45) is 0. The molecule has 0 amide bonds. The van der Waals surface area contributed by atoms with E-state index in [9.17, 15) is 0 Å². The van der Waals surface area contributed by atoms with Crippen molar-refractivity contribution in [3.63, 3.8) is 0 Å². The van der Waals surface area contributed by atoms with Crippen LogP contribution in [0.15, 0.2) is 22.9 Å². The quantitative estimate of drug-likeness (QED) is 0.410. The Hall–Kier alpha value is 1.66. The summed E-state index contributed by atoms with van der Waals surface area (Å²) in [5.41, 5.74) is 0. The first-order valence-corrected chi connectivity index (χ1v) is 2.41. The predicted molar refractivity (Wildman–Crippen MR) is 30.1 cm³/mol. The largest absolute Gasteiger partial charge is 4.00 e. The predicted octanol–water partition coefficient (Wildman–Crippen LogP) is -10.6. The molecular weight excluding hydrogens is 341 g/mol. The van der Waals surface area contributed by atoms with Gasteiger partial charge in [0, 0.05) is 0 Å². The van der Waals surface area contributed by atoms with Crippen LogP contribution in [-0.2, 0) is 0 Å². The number of halogens is 4. The molecule has 0 spiro atoms. The van der Waals surface area contributed by atoms with Gasteiger partial charge in [-0.3, -0.25) is 0 Å². The van der Waals surface area contributed by atoms with E-state index in [1.54, 1.807) is 11.3 Å². The number of hydrogen-bond donors (Lipinski definition) is 0. The van der Waals surface area contributed by atoms with E-state index in [-0.39, 0.29) is 73.5 Å². The van der Waals surface area contributed by atoms with E-state index >= 15 is 0 Å². The zero-order valence-corrected chi connectivity index (χ0v) is 11.4. The number of hydrogen-bond acceptors (Lipinski definition) is 1. The van der Waals surface area contributed by atoms with Crippen LogP contribution >= 0.6 is 11.3 Å². The first kappa shape index (κ1) is 29.9. The van der Waals surface area contributed by atoms with Crippen LogP contribution in [0.4, 0.5) is 0 Å². The zero-order chi connectivity index (χ0) is 3.54. The van der Waals surface area contributed by atoms with Crippen molar-refractivity contribution >= 4 is 35.2 Å². The maximum Gasteiger partial charge on any atom is 4.00 e. The van der Waals surface area contributed by atoms with E-state index in [0.29, 0.717) is 0 Å². The Morgan fingerprint density at radius 2 is 1.00 bits per heavy atom. The van der Waals surface area contributed by atoms with Gasteiger partial charge in [0.25, 0.3) is 0 Å². The summed E-state index contributed by atoms with van der Waals surface area (Å²) in [5, 5.41) is 4.08. The van der Waals surface area contributed by atoms with Gasteiger partial charge in [-0.2, -0.15) is 11.3 Å². The molecule has 0 N–H and O–H groups in total. The van der Waals surface area contributed by atoms with Crippen molar-refractivity contribution in [1.29, 1.82) is 0 Å². The third kappa shape index (κ3) is 16.3. The van der Waals surface area contributed by atoms with Crippen LogP contribution in [-0.4, -0.2) is 23.9 Å². The second-order valence-corrected chi connectivity index (χ2v) is 1.61. The van der Waals surface area contributed by atoms with Crippen LogP contribution < -0.4 is 49.6 Å². The molecule has 0 atom stereocenters. The minimum atomic E-state index is 0. The SMILES string of the molecule is [Cl-].[Cl-].[Cl-].[Cl-].[Sn+4].c1ccsc1.